The third kappa shape index (κ3) is 4.58. The number of nitrogens with one attached hydrogen (secondary N) is 1. The van der Waals surface area contributed by atoms with Crippen LogP contribution >= 0.6 is 15.9 Å². The number of hydrogen-bond donors (Lipinski definition) is 1. The monoisotopic (exact) mass is 418 g/mol. The molecule has 0 aliphatic carbocycles. The first-order valence-corrected chi connectivity index (χ1v) is 10.1. The minimum absolute atomic E-state index is 0.208. The van der Waals surface area contributed by atoms with Gasteiger partial charge >= 0.3 is 0 Å². The molecule has 1 unspecified atom stereocenters. The van der Waals surface area contributed by atoms with E-state index in [1.165, 1.54) is 11.1 Å². The van der Waals surface area contributed by atoms with Crippen LogP contribution in [-0.4, -0.2) is 44.3 Å². The van der Waals surface area contributed by atoms with E-state index in [0.29, 0.717) is 13.2 Å². The van der Waals surface area contributed by atoms with Crippen molar-refractivity contribution in [1.82, 2.24) is 10.2 Å². The molecule has 0 radical (unpaired) electrons. The first kappa shape index (κ1) is 19.2. The summed E-state index contributed by atoms with van der Waals surface area (Å²) in [7, 11) is 0. The normalized spacial score (nSPS) is 16.3. The lowest BCUT2D eigenvalue weighted by Crippen LogP contribution is -2.45. The van der Waals surface area contributed by atoms with E-state index in [4.69, 9.17) is 9.47 Å². The van der Waals surface area contributed by atoms with Gasteiger partial charge in [0, 0.05) is 30.7 Å². The second-order valence-electron chi connectivity index (χ2n) is 6.31. The Labute approximate surface area is 164 Å². The zero-order valence-electron chi connectivity index (χ0n) is 15.5. The molecule has 0 saturated carbocycles. The minimum atomic E-state index is 0.208. The smallest absolute Gasteiger partial charge is 0.161 e. The number of hydrogen-bond acceptors (Lipinski definition) is 4. The number of piperazine rings is 1. The molecule has 3 rings (SSSR count). The predicted octanol–water partition coefficient (Wildman–Crippen LogP) is 4.24. The Bertz CT molecular complexity index is 700. The fraction of sp³-hybridized carbons (Fsp3) is 0.429. The van der Waals surface area contributed by atoms with Crippen LogP contribution < -0.4 is 14.8 Å². The van der Waals surface area contributed by atoms with E-state index in [9.17, 15) is 0 Å². The summed E-state index contributed by atoms with van der Waals surface area (Å²) >= 11 is 3.55. The average molecular weight is 419 g/mol. The van der Waals surface area contributed by atoms with Crippen LogP contribution in [0.15, 0.2) is 46.9 Å². The highest BCUT2D eigenvalue weighted by Crippen LogP contribution is 2.36. The van der Waals surface area contributed by atoms with Crippen LogP contribution in [0.2, 0.25) is 0 Å². The fourth-order valence-electron chi connectivity index (χ4n) is 3.44. The van der Waals surface area contributed by atoms with E-state index < -0.39 is 0 Å². The summed E-state index contributed by atoms with van der Waals surface area (Å²) in [5.74, 6) is 1.64. The summed E-state index contributed by atoms with van der Waals surface area (Å²) in [6.07, 6.45) is 0. The van der Waals surface area contributed by atoms with Gasteiger partial charge in [0.15, 0.2) is 11.5 Å². The van der Waals surface area contributed by atoms with Crippen LogP contribution in [0.1, 0.15) is 31.0 Å². The number of benzene rings is 2. The van der Waals surface area contributed by atoms with Gasteiger partial charge in [-0.3, -0.25) is 4.90 Å². The van der Waals surface area contributed by atoms with E-state index in [1.807, 2.05) is 19.9 Å². The topological polar surface area (TPSA) is 33.7 Å². The molecule has 140 valence electrons. The van der Waals surface area contributed by atoms with Gasteiger partial charge in [0.2, 0.25) is 0 Å². The van der Waals surface area contributed by atoms with Crippen molar-refractivity contribution in [2.75, 3.05) is 39.4 Å². The van der Waals surface area contributed by atoms with Gasteiger partial charge in [0.1, 0.15) is 0 Å². The molecule has 1 atom stereocenters. The molecular formula is C21H27BrN2O2. The highest BCUT2D eigenvalue weighted by molar-refractivity contribution is 9.10. The molecule has 26 heavy (non-hydrogen) atoms. The van der Waals surface area contributed by atoms with Gasteiger partial charge in [0.25, 0.3) is 0 Å². The number of nitrogens with zero attached hydrogens (tertiary/aromatic N) is 1. The second kappa shape index (κ2) is 9.40. The molecule has 0 spiro atoms. The summed E-state index contributed by atoms with van der Waals surface area (Å²) in [6, 6.07) is 15.2. The van der Waals surface area contributed by atoms with Crippen molar-refractivity contribution in [3.63, 3.8) is 0 Å². The maximum absolute atomic E-state index is 5.86. The van der Waals surface area contributed by atoms with E-state index >= 15 is 0 Å². The summed E-state index contributed by atoms with van der Waals surface area (Å²) < 4.78 is 12.7. The molecule has 0 amide bonds. The largest absolute Gasteiger partial charge is 0.490 e. The van der Waals surface area contributed by atoms with Crippen molar-refractivity contribution in [3.05, 3.63) is 58.1 Å². The van der Waals surface area contributed by atoms with Crippen LogP contribution in [0.3, 0.4) is 0 Å². The zero-order chi connectivity index (χ0) is 18.4. The van der Waals surface area contributed by atoms with Crippen molar-refractivity contribution in [3.8, 4) is 11.5 Å². The molecular weight excluding hydrogens is 392 g/mol. The summed E-state index contributed by atoms with van der Waals surface area (Å²) in [5.41, 5.74) is 2.53. The van der Waals surface area contributed by atoms with Crippen LogP contribution in [0.4, 0.5) is 0 Å². The van der Waals surface area contributed by atoms with Gasteiger partial charge in [-0.2, -0.15) is 0 Å². The molecule has 0 bridgehead atoms. The summed E-state index contributed by atoms with van der Waals surface area (Å²) in [6.45, 7) is 9.34. The van der Waals surface area contributed by atoms with Crippen LogP contribution in [0.5, 0.6) is 11.5 Å². The lowest BCUT2D eigenvalue weighted by Gasteiger charge is -2.36. The van der Waals surface area contributed by atoms with Crippen LogP contribution in [0, 0.1) is 0 Å². The first-order valence-electron chi connectivity index (χ1n) is 9.32. The van der Waals surface area contributed by atoms with Gasteiger partial charge < -0.3 is 14.8 Å². The standard InChI is InChI=1S/C21H27BrN2O2/c1-3-25-19-10-7-17(15-20(19)26-4-2)21(24-13-11-23-12-14-24)16-5-8-18(22)9-6-16/h5-10,15,21,23H,3-4,11-14H2,1-2H3. The molecule has 1 aliphatic rings. The van der Waals surface area contributed by atoms with Gasteiger partial charge in [-0.25, -0.2) is 0 Å². The molecule has 4 nitrogen and oxygen atoms in total. The molecule has 0 aromatic heterocycles. The van der Waals surface area contributed by atoms with Gasteiger partial charge in [0.05, 0.1) is 19.3 Å². The van der Waals surface area contributed by atoms with E-state index in [0.717, 1.165) is 42.2 Å². The Balaban J connectivity index is 2.00. The lowest BCUT2D eigenvalue weighted by atomic mass is 9.96. The Morgan fingerprint density at radius 1 is 0.923 bits per heavy atom. The average Bonchev–Trinajstić information content (AvgIpc) is 2.67. The fourth-order valence-corrected chi connectivity index (χ4v) is 3.70. The molecule has 1 saturated heterocycles. The van der Waals surface area contributed by atoms with Crippen molar-refractivity contribution >= 4 is 15.9 Å². The predicted molar refractivity (Wildman–Crippen MR) is 109 cm³/mol. The van der Waals surface area contributed by atoms with Crippen LogP contribution in [-0.2, 0) is 0 Å². The lowest BCUT2D eigenvalue weighted by molar-refractivity contribution is 0.197. The molecule has 1 aliphatic heterocycles. The highest BCUT2D eigenvalue weighted by Gasteiger charge is 2.25. The third-order valence-corrected chi connectivity index (χ3v) is 5.11. The number of halogens is 1. The number of ether oxygens (including phenoxy) is 2. The second-order valence-corrected chi connectivity index (χ2v) is 7.23. The Hall–Kier alpha value is -1.56. The first-order chi connectivity index (χ1) is 12.7. The molecule has 1 fully saturated rings. The molecule has 2 aromatic carbocycles. The van der Waals surface area contributed by atoms with E-state index in [2.05, 4.69) is 62.5 Å². The van der Waals surface area contributed by atoms with E-state index in [1.54, 1.807) is 0 Å². The highest BCUT2D eigenvalue weighted by atomic mass is 79.9. The van der Waals surface area contributed by atoms with Crippen molar-refractivity contribution < 1.29 is 9.47 Å². The Kier molecular flexibility index (Phi) is 6.94. The van der Waals surface area contributed by atoms with Crippen LogP contribution in [0.25, 0.3) is 0 Å². The Morgan fingerprint density at radius 3 is 2.19 bits per heavy atom. The molecule has 5 heteroatoms. The third-order valence-electron chi connectivity index (χ3n) is 4.59. The quantitative estimate of drug-likeness (QED) is 0.728. The van der Waals surface area contributed by atoms with Gasteiger partial charge in [-0.05, 0) is 49.2 Å². The number of rotatable bonds is 7. The molecule has 1 heterocycles. The molecule has 2 aromatic rings. The van der Waals surface area contributed by atoms with Crippen molar-refractivity contribution in [2.45, 2.75) is 19.9 Å². The van der Waals surface area contributed by atoms with Crippen molar-refractivity contribution in [1.29, 1.82) is 0 Å². The van der Waals surface area contributed by atoms with Crippen molar-refractivity contribution in [2.24, 2.45) is 0 Å². The maximum Gasteiger partial charge on any atom is 0.161 e. The summed E-state index contributed by atoms with van der Waals surface area (Å²) in [4.78, 5) is 2.53. The summed E-state index contributed by atoms with van der Waals surface area (Å²) in [5, 5.41) is 3.45. The SMILES string of the molecule is CCOc1ccc(C(c2ccc(Br)cc2)N2CCNCC2)cc1OCC. The minimum Gasteiger partial charge on any atom is -0.490 e. The maximum atomic E-state index is 5.86. The van der Waals surface area contributed by atoms with E-state index in [-0.39, 0.29) is 6.04 Å². The zero-order valence-corrected chi connectivity index (χ0v) is 17.1. The van der Waals surface area contributed by atoms with Gasteiger partial charge in [-0.15, -0.1) is 0 Å². The van der Waals surface area contributed by atoms with Gasteiger partial charge in [-0.1, -0.05) is 34.1 Å². The Morgan fingerprint density at radius 2 is 1.54 bits per heavy atom. The molecule has 1 N–H and O–H groups in total.